The smallest absolute Gasteiger partial charge is 0.416 e. The molecule has 3 N–H and O–H groups in total. The van der Waals surface area contributed by atoms with E-state index in [-0.39, 0.29) is 24.6 Å². The van der Waals surface area contributed by atoms with Crippen LogP contribution in [-0.4, -0.2) is 76.1 Å². The van der Waals surface area contributed by atoms with E-state index in [9.17, 15) is 32.3 Å². The number of halogens is 3. The molecule has 2 aromatic carbocycles. The maximum atomic E-state index is 13.9. The van der Waals surface area contributed by atoms with E-state index in [4.69, 9.17) is 9.47 Å². The number of likely N-dealkylation sites (N-methyl/N-ethyl adjacent to an activating group) is 1. The number of rotatable bonds is 12. The quantitative estimate of drug-likeness (QED) is 0.256. The molecule has 2 atom stereocenters. The molecule has 3 aromatic rings. The predicted octanol–water partition coefficient (Wildman–Crippen LogP) is 4.52. The molecule has 0 saturated carbocycles. The molecule has 260 valence electrons. The molecule has 15 heteroatoms. The van der Waals surface area contributed by atoms with Crippen molar-refractivity contribution in [1.29, 1.82) is 0 Å². The van der Waals surface area contributed by atoms with Crippen LogP contribution in [-0.2, 0) is 36.6 Å². The molecule has 0 radical (unpaired) electrons. The van der Waals surface area contributed by atoms with Gasteiger partial charge in [-0.1, -0.05) is 48.5 Å². The maximum Gasteiger partial charge on any atom is 0.416 e. The maximum absolute atomic E-state index is 13.9. The number of amides is 4. The Labute approximate surface area is 277 Å². The number of carbonyl (C=O) groups is 4. The highest BCUT2D eigenvalue weighted by molar-refractivity contribution is 5.98. The van der Waals surface area contributed by atoms with Crippen molar-refractivity contribution in [2.24, 2.45) is 0 Å². The average molecular weight is 675 g/mol. The van der Waals surface area contributed by atoms with Crippen LogP contribution >= 0.6 is 0 Å². The molecule has 0 bridgehead atoms. The largest absolute Gasteiger partial charge is 0.444 e. The SMILES string of the molecule is CN(C)C(=O)C(c1ccccc1C(F)(F)F)n1cnc(NC(=O)C(COCc2ccccc2)NC(=O)C(C)(C)NC(=O)OC(C)(C)C)c1. The molecule has 0 aliphatic carbocycles. The molecule has 0 spiro atoms. The van der Waals surface area contributed by atoms with Crippen LogP contribution in [0.1, 0.15) is 57.4 Å². The second-order valence-electron chi connectivity index (χ2n) is 12.7. The Hall–Kier alpha value is -4.92. The fourth-order valence-corrected chi connectivity index (χ4v) is 4.42. The molecule has 4 amide bonds. The van der Waals surface area contributed by atoms with Gasteiger partial charge in [-0.2, -0.15) is 13.2 Å². The predicted molar refractivity (Wildman–Crippen MR) is 171 cm³/mol. The molecule has 1 aromatic heterocycles. The minimum absolute atomic E-state index is 0.102. The standard InChI is InChI=1S/C33H41F3N6O6/c1-31(2,3)48-30(46)40-32(4,5)29(45)38-24(19-47-18-21-13-9-8-10-14-21)27(43)39-25-17-42(20-37-25)26(28(44)41(6)7)22-15-11-12-16-23(22)33(34,35)36/h8-17,20,24,26H,18-19H2,1-7H3,(H,38,45)(H,39,43)(H,40,46). The zero-order valence-corrected chi connectivity index (χ0v) is 27.8. The van der Waals surface area contributed by atoms with Crippen molar-refractivity contribution in [3.8, 4) is 0 Å². The van der Waals surface area contributed by atoms with Crippen LogP contribution in [0.2, 0.25) is 0 Å². The number of anilines is 1. The summed E-state index contributed by atoms with van der Waals surface area (Å²) >= 11 is 0. The number of nitrogens with one attached hydrogen (secondary N) is 3. The monoisotopic (exact) mass is 674 g/mol. The summed E-state index contributed by atoms with van der Waals surface area (Å²) in [6, 6.07) is 11.0. The van der Waals surface area contributed by atoms with Gasteiger partial charge in [0.05, 0.1) is 25.1 Å². The van der Waals surface area contributed by atoms with E-state index in [1.54, 1.807) is 20.8 Å². The van der Waals surface area contributed by atoms with Crippen LogP contribution in [0.4, 0.5) is 23.8 Å². The number of benzene rings is 2. The number of carbonyl (C=O) groups excluding carboxylic acids is 4. The molecular weight excluding hydrogens is 633 g/mol. The summed E-state index contributed by atoms with van der Waals surface area (Å²) in [5, 5.41) is 7.59. The highest BCUT2D eigenvalue weighted by Crippen LogP contribution is 2.36. The van der Waals surface area contributed by atoms with Gasteiger partial charge in [0, 0.05) is 20.3 Å². The zero-order chi connectivity index (χ0) is 35.9. The molecule has 0 saturated heterocycles. The number of nitrogens with zero attached hydrogens (tertiary/aromatic N) is 3. The Kier molecular flexibility index (Phi) is 12.0. The number of imidazole rings is 1. The number of ether oxygens (including phenoxy) is 2. The Morgan fingerprint density at radius 3 is 2.17 bits per heavy atom. The normalized spacial score (nSPS) is 13.2. The third-order valence-corrected chi connectivity index (χ3v) is 6.79. The van der Waals surface area contributed by atoms with Crippen molar-refractivity contribution in [3.63, 3.8) is 0 Å². The van der Waals surface area contributed by atoms with Gasteiger partial charge in [0.2, 0.25) is 11.8 Å². The van der Waals surface area contributed by atoms with Crippen LogP contribution < -0.4 is 16.0 Å². The fourth-order valence-electron chi connectivity index (χ4n) is 4.42. The van der Waals surface area contributed by atoms with Gasteiger partial charge in [0.25, 0.3) is 5.91 Å². The first-order valence-electron chi connectivity index (χ1n) is 14.9. The van der Waals surface area contributed by atoms with Crippen molar-refractivity contribution in [2.45, 2.75) is 70.6 Å². The van der Waals surface area contributed by atoms with E-state index in [1.165, 1.54) is 52.3 Å². The first kappa shape index (κ1) is 37.5. The number of hydrogen-bond acceptors (Lipinski definition) is 7. The van der Waals surface area contributed by atoms with Gasteiger partial charge in [0.1, 0.15) is 23.2 Å². The second-order valence-corrected chi connectivity index (χ2v) is 12.7. The molecule has 0 aliphatic heterocycles. The topological polar surface area (TPSA) is 144 Å². The fraction of sp³-hybridized carbons (Fsp3) is 0.424. The van der Waals surface area contributed by atoms with Crippen molar-refractivity contribution in [2.75, 3.05) is 26.0 Å². The third kappa shape index (κ3) is 10.6. The van der Waals surface area contributed by atoms with Gasteiger partial charge in [-0.25, -0.2) is 9.78 Å². The highest BCUT2D eigenvalue weighted by Gasteiger charge is 2.38. The highest BCUT2D eigenvalue weighted by atomic mass is 19.4. The van der Waals surface area contributed by atoms with E-state index in [1.807, 2.05) is 30.3 Å². The minimum atomic E-state index is -4.74. The van der Waals surface area contributed by atoms with E-state index >= 15 is 0 Å². The second kappa shape index (κ2) is 15.3. The van der Waals surface area contributed by atoms with E-state index in [0.29, 0.717) is 0 Å². The Morgan fingerprint density at radius 2 is 1.56 bits per heavy atom. The number of alkyl halides is 3. The summed E-state index contributed by atoms with van der Waals surface area (Å²) in [5.74, 6) is -2.28. The Morgan fingerprint density at radius 1 is 0.938 bits per heavy atom. The van der Waals surface area contributed by atoms with Crippen molar-refractivity contribution >= 4 is 29.6 Å². The summed E-state index contributed by atoms with van der Waals surface area (Å²) in [6.07, 6.45) is -3.24. The summed E-state index contributed by atoms with van der Waals surface area (Å²) < 4.78 is 53.9. The van der Waals surface area contributed by atoms with Crippen LogP contribution in [0.5, 0.6) is 0 Å². The van der Waals surface area contributed by atoms with Gasteiger partial charge in [-0.05, 0) is 51.8 Å². The molecular formula is C33H41F3N6O6. The van der Waals surface area contributed by atoms with Gasteiger partial charge >= 0.3 is 12.3 Å². The first-order chi connectivity index (χ1) is 22.3. The van der Waals surface area contributed by atoms with Gasteiger partial charge in [0.15, 0.2) is 5.82 Å². The Bertz CT molecular complexity index is 1580. The lowest BCUT2D eigenvalue weighted by atomic mass is 9.98. The summed E-state index contributed by atoms with van der Waals surface area (Å²) in [6.45, 7) is 7.66. The van der Waals surface area contributed by atoms with Crippen LogP contribution in [0.25, 0.3) is 0 Å². The van der Waals surface area contributed by atoms with Crippen molar-refractivity contribution < 1.29 is 41.8 Å². The molecule has 48 heavy (non-hydrogen) atoms. The van der Waals surface area contributed by atoms with Crippen LogP contribution in [0.15, 0.2) is 67.1 Å². The molecule has 0 aliphatic rings. The summed E-state index contributed by atoms with van der Waals surface area (Å²) in [5.41, 5.74) is -2.83. The lowest BCUT2D eigenvalue weighted by molar-refractivity contribution is -0.139. The lowest BCUT2D eigenvalue weighted by Crippen LogP contribution is -2.59. The van der Waals surface area contributed by atoms with Crippen LogP contribution in [0.3, 0.4) is 0 Å². The number of hydrogen-bond donors (Lipinski definition) is 3. The summed E-state index contributed by atoms with van der Waals surface area (Å²) in [4.78, 5) is 57.6. The molecule has 0 fully saturated rings. The number of aromatic nitrogens is 2. The van der Waals surface area contributed by atoms with Gasteiger partial charge in [-0.15, -0.1) is 0 Å². The Balaban J connectivity index is 1.86. The lowest BCUT2D eigenvalue weighted by Gasteiger charge is -2.29. The van der Waals surface area contributed by atoms with Crippen LogP contribution in [0, 0.1) is 0 Å². The zero-order valence-electron chi connectivity index (χ0n) is 27.8. The van der Waals surface area contributed by atoms with Crippen molar-refractivity contribution in [1.82, 2.24) is 25.1 Å². The molecule has 12 nitrogen and oxygen atoms in total. The average Bonchev–Trinajstić information content (AvgIpc) is 3.43. The van der Waals surface area contributed by atoms with E-state index < -0.39 is 58.8 Å². The minimum Gasteiger partial charge on any atom is -0.444 e. The molecule has 3 rings (SSSR count). The summed E-state index contributed by atoms with van der Waals surface area (Å²) in [7, 11) is 2.82. The van der Waals surface area contributed by atoms with Gasteiger partial charge < -0.3 is 34.9 Å². The molecule has 2 unspecified atom stereocenters. The van der Waals surface area contributed by atoms with Crippen molar-refractivity contribution in [3.05, 3.63) is 83.8 Å². The first-order valence-corrected chi connectivity index (χ1v) is 14.9. The number of alkyl carbamates (subject to hydrolysis) is 1. The molecule has 1 heterocycles. The van der Waals surface area contributed by atoms with Gasteiger partial charge in [-0.3, -0.25) is 14.4 Å². The third-order valence-electron chi connectivity index (χ3n) is 6.79. The van der Waals surface area contributed by atoms with E-state index in [0.717, 1.165) is 27.4 Å². The van der Waals surface area contributed by atoms with E-state index in [2.05, 4.69) is 20.9 Å².